The van der Waals surface area contributed by atoms with Crippen molar-refractivity contribution in [3.63, 3.8) is 0 Å². The minimum Gasteiger partial charge on any atom is -0.497 e. The summed E-state index contributed by atoms with van der Waals surface area (Å²) in [6.45, 7) is 5.96. The number of nitrogen functional groups attached to an aromatic ring is 1. The van der Waals surface area contributed by atoms with Gasteiger partial charge in [0.25, 0.3) is 5.91 Å². The van der Waals surface area contributed by atoms with Crippen LogP contribution in [0.1, 0.15) is 36.1 Å². The number of nitrogens with zero attached hydrogens (tertiary/aromatic N) is 2. The molecular formula is C14H18N4O2S. The van der Waals surface area contributed by atoms with Gasteiger partial charge < -0.3 is 15.8 Å². The molecule has 0 saturated heterocycles. The topological polar surface area (TPSA) is 90.1 Å². The molecule has 6 nitrogen and oxygen atoms in total. The van der Waals surface area contributed by atoms with E-state index in [0.29, 0.717) is 27.7 Å². The first kappa shape index (κ1) is 15.2. The van der Waals surface area contributed by atoms with Crippen LogP contribution in [0.15, 0.2) is 18.2 Å². The van der Waals surface area contributed by atoms with E-state index in [1.165, 1.54) is 0 Å². The molecule has 0 saturated carbocycles. The third kappa shape index (κ3) is 3.30. The fourth-order valence-corrected chi connectivity index (χ4v) is 2.55. The maximum absolute atomic E-state index is 12.4. The third-order valence-corrected chi connectivity index (χ3v) is 3.64. The number of ether oxygens (including phenoxy) is 1. The molecule has 1 aromatic carbocycles. The van der Waals surface area contributed by atoms with Crippen LogP contribution in [0.25, 0.3) is 0 Å². The summed E-state index contributed by atoms with van der Waals surface area (Å²) in [6.07, 6.45) is 0. The van der Waals surface area contributed by atoms with E-state index >= 15 is 0 Å². The number of rotatable bonds is 3. The van der Waals surface area contributed by atoms with Crippen LogP contribution in [-0.4, -0.2) is 22.6 Å². The molecular weight excluding hydrogens is 288 g/mol. The molecule has 0 atom stereocenters. The molecule has 3 N–H and O–H groups in total. The average Bonchev–Trinajstić information content (AvgIpc) is 2.90. The molecule has 0 unspecified atom stereocenters. The summed E-state index contributed by atoms with van der Waals surface area (Å²) in [5, 5.41) is 6.84. The second kappa shape index (κ2) is 5.69. The monoisotopic (exact) mass is 306 g/mol. The summed E-state index contributed by atoms with van der Waals surface area (Å²) in [4.78, 5) is 12.9. The predicted molar refractivity (Wildman–Crippen MR) is 84.0 cm³/mol. The molecule has 0 aliphatic heterocycles. The van der Waals surface area contributed by atoms with Gasteiger partial charge in [0.1, 0.15) is 10.6 Å². The quantitative estimate of drug-likeness (QED) is 0.851. The Kier molecular flexibility index (Phi) is 4.13. The highest BCUT2D eigenvalue weighted by atomic mass is 32.1. The maximum atomic E-state index is 12.4. The molecule has 2 aromatic rings. The number of benzene rings is 1. The van der Waals surface area contributed by atoms with Crippen LogP contribution in [0, 0.1) is 0 Å². The lowest BCUT2D eigenvalue weighted by molar-refractivity contribution is 0.102. The number of nitrogens with one attached hydrogen (secondary N) is 1. The Morgan fingerprint density at radius 3 is 2.71 bits per heavy atom. The first-order chi connectivity index (χ1) is 9.82. The van der Waals surface area contributed by atoms with Crippen molar-refractivity contribution in [2.24, 2.45) is 0 Å². The Labute approximate surface area is 127 Å². The van der Waals surface area contributed by atoms with Crippen LogP contribution in [0.3, 0.4) is 0 Å². The van der Waals surface area contributed by atoms with Gasteiger partial charge in [-0.3, -0.25) is 4.79 Å². The van der Waals surface area contributed by atoms with E-state index < -0.39 is 0 Å². The van der Waals surface area contributed by atoms with Gasteiger partial charge >= 0.3 is 0 Å². The van der Waals surface area contributed by atoms with E-state index in [9.17, 15) is 4.79 Å². The molecule has 0 fully saturated rings. The van der Waals surface area contributed by atoms with Gasteiger partial charge in [-0.25, -0.2) is 0 Å². The molecule has 7 heteroatoms. The lowest BCUT2D eigenvalue weighted by Gasteiger charge is -2.16. The van der Waals surface area contributed by atoms with Crippen molar-refractivity contribution in [2.45, 2.75) is 26.2 Å². The highest BCUT2D eigenvalue weighted by molar-refractivity contribution is 7.08. The third-order valence-electron chi connectivity index (χ3n) is 2.91. The number of anilines is 2. The largest absolute Gasteiger partial charge is 0.497 e. The molecule has 1 amide bonds. The first-order valence-electron chi connectivity index (χ1n) is 6.40. The molecule has 112 valence electrons. The fourth-order valence-electron chi connectivity index (χ4n) is 1.78. The highest BCUT2D eigenvalue weighted by Crippen LogP contribution is 2.28. The summed E-state index contributed by atoms with van der Waals surface area (Å²) >= 11 is 1.07. The summed E-state index contributed by atoms with van der Waals surface area (Å²) < 4.78 is 9.01. The summed E-state index contributed by atoms with van der Waals surface area (Å²) in [5.41, 5.74) is 7.27. The second-order valence-electron chi connectivity index (χ2n) is 5.61. The van der Waals surface area contributed by atoms with Crippen LogP contribution in [0.5, 0.6) is 5.75 Å². The number of carbonyl (C=O) groups is 1. The zero-order valence-corrected chi connectivity index (χ0v) is 13.2. The van der Waals surface area contributed by atoms with Crippen molar-refractivity contribution in [1.82, 2.24) is 9.59 Å². The van der Waals surface area contributed by atoms with Crippen molar-refractivity contribution in [2.75, 3.05) is 18.2 Å². The lowest BCUT2D eigenvalue weighted by Crippen LogP contribution is -2.20. The Hall–Kier alpha value is -2.15. The average molecular weight is 306 g/mol. The Bertz CT molecular complexity index is 661. The van der Waals surface area contributed by atoms with Gasteiger partial charge in [-0.1, -0.05) is 25.3 Å². The molecule has 0 aliphatic carbocycles. The highest BCUT2D eigenvalue weighted by Gasteiger charge is 2.26. The number of nitrogens with two attached hydrogens (primary N) is 1. The number of amides is 1. The van der Waals surface area contributed by atoms with E-state index in [4.69, 9.17) is 10.5 Å². The Balaban J connectivity index is 2.29. The van der Waals surface area contributed by atoms with Crippen molar-refractivity contribution >= 4 is 28.8 Å². The van der Waals surface area contributed by atoms with Crippen LogP contribution in [0.2, 0.25) is 0 Å². The first-order valence-corrected chi connectivity index (χ1v) is 7.18. The number of carbonyl (C=O) groups excluding carboxylic acids is 1. The standard InChI is InChI=1S/C14H18N4O2S/c1-14(2,3)12-11(21-18-17-12)13(19)16-10-7-8(20-4)5-6-9(10)15/h5-7H,15H2,1-4H3,(H,16,19). The van der Waals surface area contributed by atoms with Crippen LogP contribution in [-0.2, 0) is 5.41 Å². The van der Waals surface area contributed by atoms with E-state index in [-0.39, 0.29) is 11.3 Å². The van der Waals surface area contributed by atoms with Crippen molar-refractivity contribution in [3.05, 3.63) is 28.8 Å². The number of hydrogen-bond acceptors (Lipinski definition) is 6. The van der Waals surface area contributed by atoms with Gasteiger partial charge in [-0.15, -0.1) is 5.10 Å². The van der Waals surface area contributed by atoms with Crippen LogP contribution < -0.4 is 15.8 Å². The van der Waals surface area contributed by atoms with Gasteiger partial charge in [-0.05, 0) is 23.7 Å². The summed E-state index contributed by atoms with van der Waals surface area (Å²) in [7, 11) is 1.56. The Morgan fingerprint density at radius 1 is 1.38 bits per heavy atom. The summed E-state index contributed by atoms with van der Waals surface area (Å²) in [5.74, 6) is 0.354. The van der Waals surface area contributed by atoms with Gasteiger partial charge in [0, 0.05) is 11.5 Å². The van der Waals surface area contributed by atoms with Crippen LogP contribution in [0.4, 0.5) is 11.4 Å². The van der Waals surface area contributed by atoms with Crippen molar-refractivity contribution in [1.29, 1.82) is 0 Å². The van der Waals surface area contributed by atoms with Crippen molar-refractivity contribution < 1.29 is 9.53 Å². The van der Waals surface area contributed by atoms with E-state index in [0.717, 1.165) is 11.5 Å². The van der Waals surface area contributed by atoms with Crippen LogP contribution >= 0.6 is 11.5 Å². The zero-order valence-electron chi connectivity index (χ0n) is 12.4. The molecule has 0 bridgehead atoms. The molecule has 2 rings (SSSR count). The van der Waals surface area contributed by atoms with Gasteiger partial charge in [0.05, 0.1) is 24.2 Å². The van der Waals surface area contributed by atoms with Gasteiger partial charge in [0.15, 0.2) is 0 Å². The van der Waals surface area contributed by atoms with Gasteiger partial charge in [0.2, 0.25) is 0 Å². The normalized spacial score (nSPS) is 11.2. The predicted octanol–water partition coefficient (Wildman–Crippen LogP) is 2.68. The second-order valence-corrected chi connectivity index (χ2v) is 6.36. The molecule has 21 heavy (non-hydrogen) atoms. The molecule has 0 aliphatic rings. The zero-order chi connectivity index (χ0) is 15.6. The van der Waals surface area contributed by atoms with Crippen molar-refractivity contribution in [3.8, 4) is 5.75 Å². The molecule has 1 aromatic heterocycles. The SMILES string of the molecule is COc1ccc(N)c(NC(=O)c2snnc2C(C)(C)C)c1. The minimum atomic E-state index is -0.269. The lowest BCUT2D eigenvalue weighted by atomic mass is 9.91. The maximum Gasteiger partial charge on any atom is 0.269 e. The Morgan fingerprint density at radius 2 is 2.10 bits per heavy atom. The smallest absolute Gasteiger partial charge is 0.269 e. The number of methoxy groups -OCH3 is 1. The van der Waals surface area contributed by atoms with Gasteiger partial charge in [-0.2, -0.15) is 0 Å². The van der Waals surface area contributed by atoms with E-state index in [1.54, 1.807) is 25.3 Å². The van der Waals surface area contributed by atoms with E-state index in [2.05, 4.69) is 14.9 Å². The molecule has 1 heterocycles. The minimum absolute atomic E-state index is 0.250. The van der Waals surface area contributed by atoms with E-state index in [1.807, 2.05) is 20.8 Å². The molecule has 0 radical (unpaired) electrons. The summed E-state index contributed by atoms with van der Waals surface area (Å²) in [6, 6.07) is 5.10. The number of hydrogen-bond donors (Lipinski definition) is 2. The number of aromatic nitrogens is 2. The fraction of sp³-hybridized carbons (Fsp3) is 0.357. The molecule has 0 spiro atoms.